The highest BCUT2D eigenvalue weighted by atomic mass is 15.0. The third-order valence-corrected chi connectivity index (χ3v) is 4.14. The number of nitrogens with two attached hydrogens (primary N) is 1. The van der Waals surface area contributed by atoms with Gasteiger partial charge < -0.3 is 11.1 Å². The zero-order valence-electron chi connectivity index (χ0n) is 10.3. The van der Waals surface area contributed by atoms with Gasteiger partial charge in [0.25, 0.3) is 0 Å². The molecule has 1 aromatic carbocycles. The van der Waals surface area contributed by atoms with Crippen molar-refractivity contribution in [2.75, 3.05) is 0 Å². The van der Waals surface area contributed by atoms with Crippen LogP contribution in [0.5, 0.6) is 0 Å². The van der Waals surface area contributed by atoms with Gasteiger partial charge in [0.15, 0.2) is 0 Å². The molecule has 0 bridgehead atoms. The first kappa shape index (κ1) is 11.2. The monoisotopic (exact) mass is 230 g/mol. The molecule has 2 fully saturated rings. The van der Waals surface area contributed by atoms with Gasteiger partial charge >= 0.3 is 0 Å². The second-order valence-corrected chi connectivity index (χ2v) is 5.66. The molecule has 0 radical (unpaired) electrons. The molecular weight excluding hydrogens is 208 g/mol. The molecule has 0 amide bonds. The maximum Gasteiger partial charge on any atom is 0.0351 e. The molecule has 17 heavy (non-hydrogen) atoms. The Morgan fingerprint density at radius 2 is 1.82 bits per heavy atom. The minimum Gasteiger partial charge on any atom is -0.328 e. The summed E-state index contributed by atoms with van der Waals surface area (Å²) in [5.74, 6) is 0.856. The summed E-state index contributed by atoms with van der Waals surface area (Å²) in [6.07, 6.45) is 6.34. The van der Waals surface area contributed by atoms with E-state index in [-0.39, 0.29) is 0 Å². The Bertz CT molecular complexity index is 358. The van der Waals surface area contributed by atoms with E-state index in [0.717, 1.165) is 12.3 Å². The molecule has 0 saturated heterocycles. The highest BCUT2D eigenvalue weighted by Gasteiger charge is 2.34. The van der Waals surface area contributed by atoms with Crippen LogP contribution in [0.2, 0.25) is 0 Å². The van der Waals surface area contributed by atoms with Crippen molar-refractivity contribution in [3.63, 3.8) is 0 Å². The van der Waals surface area contributed by atoms with Crippen molar-refractivity contribution in [2.45, 2.75) is 50.2 Å². The zero-order chi connectivity index (χ0) is 11.7. The first-order chi connectivity index (χ1) is 8.33. The maximum absolute atomic E-state index is 5.99. The van der Waals surface area contributed by atoms with E-state index in [4.69, 9.17) is 5.73 Å². The van der Waals surface area contributed by atoms with Gasteiger partial charge in [0, 0.05) is 18.1 Å². The molecular formula is C15H22N2. The van der Waals surface area contributed by atoms with Crippen molar-refractivity contribution in [2.24, 2.45) is 11.7 Å². The lowest BCUT2D eigenvalue weighted by atomic mass is 10.0. The van der Waals surface area contributed by atoms with Gasteiger partial charge in [-0.15, -0.1) is 0 Å². The number of nitrogens with one attached hydrogen (secondary N) is 1. The molecule has 3 rings (SSSR count). The molecule has 2 saturated carbocycles. The minimum atomic E-state index is 0.420. The van der Waals surface area contributed by atoms with Gasteiger partial charge in [-0.25, -0.2) is 0 Å². The lowest BCUT2D eigenvalue weighted by molar-refractivity contribution is 0.403. The van der Waals surface area contributed by atoms with Crippen LogP contribution in [0.15, 0.2) is 30.3 Å². The van der Waals surface area contributed by atoms with Gasteiger partial charge in [-0.05, 0) is 43.6 Å². The SMILES string of the molecule is NC1CCC(NC(c2ccccc2)C2CC2)C1. The number of benzene rings is 1. The summed E-state index contributed by atoms with van der Waals surface area (Å²) in [6.45, 7) is 0. The minimum absolute atomic E-state index is 0.420. The standard InChI is InChI=1S/C15H22N2/c16-13-8-9-14(10-13)17-15(12-6-7-12)11-4-2-1-3-5-11/h1-5,12-15,17H,6-10,16H2. The van der Waals surface area contributed by atoms with Crippen LogP contribution >= 0.6 is 0 Å². The summed E-state index contributed by atoms with van der Waals surface area (Å²) >= 11 is 0. The normalized spacial score (nSPS) is 30.4. The summed E-state index contributed by atoms with van der Waals surface area (Å²) in [5.41, 5.74) is 7.45. The predicted octanol–water partition coefficient (Wildman–Crippen LogP) is 2.61. The molecule has 2 aliphatic carbocycles. The van der Waals surface area contributed by atoms with Crippen molar-refractivity contribution in [3.8, 4) is 0 Å². The molecule has 2 aliphatic rings. The average Bonchev–Trinajstić information content (AvgIpc) is 3.11. The Kier molecular flexibility index (Phi) is 3.17. The van der Waals surface area contributed by atoms with Gasteiger partial charge in [-0.1, -0.05) is 30.3 Å². The largest absolute Gasteiger partial charge is 0.328 e. The lowest BCUT2D eigenvalue weighted by Gasteiger charge is -2.23. The van der Waals surface area contributed by atoms with Crippen molar-refractivity contribution < 1.29 is 0 Å². The smallest absolute Gasteiger partial charge is 0.0351 e. The van der Waals surface area contributed by atoms with E-state index in [1.807, 2.05) is 0 Å². The fraction of sp³-hybridized carbons (Fsp3) is 0.600. The topological polar surface area (TPSA) is 38.0 Å². The van der Waals surface area contributed by atoms with Gasteiger partial charge in [0.2, 0.25) is 0 Å². The molecule has 3 atom stereocenters. The van der Waals surface area contributed by atoms with Crippen LogP contribution < -0.4 is 11.1 Å². The highest BCUT2D eigenvalue weighted by molar-refractivity contribution is 5.21. The second kappa shape index (κ2) is 4.79. The van der Waals surface area contributed by atoms with Crippen LogP contribution in [0.25, 0.3) is 0 Å². The third kappa shape index (κ3) is 2.70. The summed E-state index contributed by atoms with van der Waals surface area (Å²) in [6, 6.07) is 12.5. The average molecular weight is 230 g/mol. The molecule has 3 N–H and O–H groups in total. The van der Waals surface area contributed by atoms with Crippen LogP contribution in [0.1, 0.15) is 43.7 Å². The predicted molar refractivity (Wildman–Crippen MR) is 70.7 cm³/mol. The number of hydrogen-bond donors (Lipinski definition) is 2. The molecule has 0 heterocycles. The summed E-state index contributed by atoms with van der Waals surface area (Å²) in [7, 11) is 0. The van der Waals surface area contributed by atoms with E-state index in [1.54, 1.807) is 0 Å². The summed E-state index contributed by atoms with van der Waals surface area (Å²) < 4.78 is 0. The molecule has 2 nitrogen and oxygen atoms in total. The second-order valence-electron chi connectivity index (χ2n) is 5.66. The maximum atomic E-state index is 5.99. The molecule has 92 valence electrons. The molecule has 1 aromatic rings. The zero-order valence-corrected chi connectivity index (χ0v) is 10.3. The van der Waals surface area contributed by atoms with E-state index in [1.165, 1.54) is 31.2 Å². The summed E-state index contributed by atoms with van der Waals surface area (Å²) in [4.78, 5) is 0. The van der Waals surface area contributed by atoms with Crippen molar-refractivity contribution in [1.29, 1.82) is 0 Å². The fourth-order valence-corrected chi connectivity index (χ4v) is 3.02. The van der Waals surface area contributed by atoms with Crippen LogP contribution in [0, 0.1) is 5.92 Å². The quantitative estimate of drug-likeness (QED) is 0.834. The molecule has 0 spiro atoms. The van der Waals surface area contributed by atoms with E-state index in [2.05, 4.69) is 35.6 Å². The van der Waals surface area contributed by atoms with Crippen LogP contribution in [0.3, 0.4) is 0 Å². The van der Waals surface area contributed by atoms with Crippen LogP contribution in [-0.2, 0) is 0 Å². The first-order valence-electron chi connectivity index (χ1n) is 6.89. The van der Waals surface area contributed by atoms with E-state index in [9.17, 15) is 0 Å². The Hall–Kier alpha value is -0.860. The Morgan fingerprint density at radius 1 is 1.06 bits per heavy atom. The van der Waals surface area contributed by atoms with Gasteiger partial charge in [-0.2, -0.15) is 0 Å². The van der Waals surface area contributed by atoms with Crippen molar-refractivity contribution in [3.05, 3.63) is 35.9 Å². The first-order valence-corrected chi connectivity index (χ1v) is 6.89. The highest BCUT2D eigenvalue weighted by Crippen LogP contribution is 2.41. The van der Waals surface area contributed by atoms with Crippen LogP contribution in [0.4, 0.5) is 0 Å². The van der Waals surface area contributed by atoms with Gasteiger partial charge in [-0.3, -0.25) is 0 Å². The van der Waals surface area contributed by atoms with Crippen LogP contribution in [-0.4, -0.2) is 12.1 Å². The van der Waals surface area contributed by atoms with Gasteiger partial charge in [0.05, 0.1) is 0 Å². The lowest BCUT2D eigenvalue weighted by Crippen LogP contribution is -2.33. The molecule has 3 unspecified atom stereocenters. The Labute approximate surface area is 104 Å². The van der Waals surface area contributed by atoms with E-state index >= 15 is 0 Å². The Balaban J connectivity index is 1.68. The summed E-state index contributed by atoms with van der Waals surface area (Å²) in [5, 5.41) is 3.84. The third-order valence-electron chi connectivity index (χ3n) is 4.14. The molecule has 0 aliphatic heterocycles. The Morgan fingerprint density at radius 3 is 2.41 bits per heavy atom. The molecule has 0 aromatic heterocycles. The number of hydrogen-bond acceptors (Lipinski definition) is 2. The molecule has 2 heteroatoms. The fourth-order valence-electron chi connectivity index (χ4n) is 3.02. The number of rotatable bonds is 4. The van der Waals surface area contributed by atoms with E-state index in [0.29, 0.717) is 18.1 Å². The van der Waals surface area contributed by atoms with Crippen molar-refractivity contribution >= 4 is 0 Å². The van der Waals surface area contributed by atoms with E-state index < -0.39 is 0 Å². The van der Waals surface area contributed by atoms with Gasteiger partial charge in [0.1, 0.15) is 0 Å². The van der Waals surface area contributed by atoms with Crippen molar-refractivity contribution in [1.82, 2.24) is 5.32 Å².